The largest absolute Gasteiger partial charge is 0.348 e. The standard InChI is InChI=1S/C17H17ClN2O/c18-14-4-3-11-1-2-12(7-13(11)8-14)17(21)20-16-6-10-5-15(16)19-9-10/h1-4,7-8,10,15-16,19H,5-6,9H2,(H,20,21). The minimum absolute atomic E-state index is 0.0104. The van der Waals surface area contributed by atoms with Crippen LogP contribution in [0.15, 0.2) is 36.4 Å². The minimum atomic E-state index is 0.0104. The van der Waals surface area contributed by atoms with E-state index in [2.05, 4.69) is 10.6 Å². The Labute approximate surface area is 128 Å². The van der Waals surface area contributed by atoms with E-state index in [-0.39, 0.29) is 11.9 Å². The van der Waals surface area contributed by atoms with Gasteiger partial charge in [0, 0.05) is 22.7 Å². The Balaban J connectivity index is 1.56. The molecule has 1 aliphatic carbocycles. The second-order valence-corrected chi connectivity index (χ2v) is 6.57. The van der Waals surface area contributed by atoms with Crippen molar-refractivity contribution >= 4 is 28.3 Å². The fourth-order valence-electron chi connectivity index (χ4n) is 3.62. The highest BCUT2D eigenvalue weighted by Gasteiger charge is 2.39. The molecule has 0 radical (unpaired) electrons. The summed E-state index contributed by atoms with van der Waals surface area (Å²) in [6.07, 6.45) is 2.29. The van der Waals surface area contributed by atoms with Crippen molar-refractivity contribution < 1.29 is 4.79 Å². The number of benzene rings is 2. The number of rotatable bonds is 2. The molecule has 108 valence electrons. The molecule has 2 aromatic carbocycles. The third-order valence-corrected chi connectivity index (χ3v) is 4.95. The molecule has 2 N–H and O–H groups in total. The normalized spacial score (nSPS) is 27.2. The molecule has 4 rings (SSSR count). The van der Waals surface area contributed by atoms with Gasteiger partial charge in [-0.25, -0.2) is 0 Å². The van der Waals surface area contributed by atoms with E-state index in [1.54, 1.807) is 0 Å². The molecule has 1 saturated carbocycles. The second kappa shape index (κ2) is 5.00. The minimum Gasteiger partial charge on any atom is -0.348 e. The first kappa shape index (κ1) is 13.1. The molecule has 1 heterocycles. The zero-order valence-corrected chi connectivity index (χ0v) is 12.4. The van der Waals surface area contributed by atoms with Crippen molar-refractivity contribution in [1.82, 2.24) is 10.6 Å². The Morgan fingerprint density at radius 3 is 2.76 bits per heavy atom. The lowest BCUT2D eigenvalue weighted by Crippen LogP contribution is -2.47. The van der Waals surface area contributed by atoms with E-state index in [1.165, 1.54) is 6.42 Å². The summed E-state index contributed by atoms with van der Waals surface area (Å²) in [7, 11) is 0. The van der Waals surface area contributed by atoms with Crippen molar-refractivity contribution in [3.05, 3.63) is 47.0 Å². The zero-order valence-electron chi connectivity index (χ0n) is 11.6. The van der Waals surface area contributed by atoms with Gasteiger partial charge in [0.25, 0.3) is 5.91 Å². The Morgan fingerprint density at radius 1 is 1.14 bits per heavy atom. The van der Waals surface area contributed by atoms with Crippen LogP contribution in [-0.2, 0) is 0 Å². The van der Waals surface area contributed by atoms with E-state index in [1.807, 2.05) is 36.4 Å². The lowest BCUT2D eigenvalue weighted by molar-refractivity contribution is 0.0928. The van der Waals surface area contributed by atoms with E-state index in [9.17, 15) is 4.79 Å². The summed E-state index contributed by atoms with van der Waals surface area (Å²) in [5.74, 6) is 0.743. The molecule has 3 atom stereocenters. The van der Waals surface area contributed by atoms with Gasteiger partial charge in [-0.2, -0.15) is 0 Å². The summed E-state index contributed by atoms with van der Waals surface area (Å²) in [4.78, 5) is 12.4. The van der Waals surface area contributed by atoms with Crippen LogP contribution >= 0.6 is 11.6 Å². The van der Waals surface area contributed by atoms with Crippen molar-refractivity contribution in [2.45, 2.75) is 24.9 Å². The maximum atomic E-state index is 12.4. The van der Waals surface area contributed by atoms with Gasteiger partial charge in [0.1, 0.15) is 0 Å². The lowest BCUT2D eigenvalue weighted by atomic mass is 10.0. The average molecular weight is 301 g/mol. The maximum absolute atomic E-state index is 12.4. The first-order chi connectivity index (χ1) is 10.2. The SMILES string of the molecule is O=C(NC1CC2CNC1C2)c1ccc2ccc(Cl)cc2c1. The number of hydrogen-bond donors (Lipinski definition) is 2. The summed E-state index contributed by atoms with van der Waals surface area (Å²) in [6.45, 7) is 1.10. The quantitative estimate of drug-likeness (QED) is 0.895. The highest BCUT2D eigenvalue weighted by molar-refractivity contribution is 6.31. The van der Waals surface area contributed by atoms with Gasteiger partial charge in [-0.05, 0) is 60.3 Å². The third kappa shape index (κ3) is 2.41. The van der Waals surface area contributed by atoms with Gasteiger partial charge < -0.3 is 10.6 Å². The van der Waals surface area contributed by atoms with Crippen LogP contribution < -0.4 is 10.6 Å². The Morgan fingerprint density at radius 2 is 2.00 bits per heavy atom. The van der Waals surface area contributed by atoms with Crippen LogP contribution in [0.25, 0.3) is 10.8 Å². The molecule has 2 aliphatic rings. The maximum Gasteiger partial charge on any atom is 0.251 e. The van der Waals surface area contributed by atoms with E-state index in [0.717, 1.165) is 29.7 Å². The number of fused-ring (bicyclic) bond motifs is 3. The fourth-order valence-corrected chi connectivity index (χ4v) is 3.80. The molecule has 2 aromatic rings. The topological polar surface area (TPSA) is 41.1 Å². The van der Waals surface area contributed by atoms with Crippen molar-refractivity contribution in [3.63, 3.8) is 0 Å². The van der Waals surface area contributed by atoms with Crippen molar-refractivity contribution in [2.24, 2.45) is 5.92 Å². The highest BCUT2D eigenvalue weighted by atomic mass is 35.5. The predicted octanol–water partition coefficient (Wildman–Crippen LogP) is 2.97. The smallest absolute Gasteiger partial charge is 0.251 e. The summed E-state index contributed by atoms with van der Waals surface area (Å²) >= 11 is 6.02. The summed E-state index contributed by atoms with van der Waals surface area (Å²) in [5, 5.41) is 9.43. The number of hydrogen-bond acceptors (Lipinski definition) is 2. The molecule has 1 aliphatic heterocycles. The van der Waals surface area contributed by atoms with Gasteiger partial charge >= 0.3 is 0 Å². The van der Waals surface area contributed by atoms with E-state index < -0.39 is 0 Å². The van der Waals surface area contributed by atoms with Gasteiger partial charge in [0.05, 0.1) is 0 Å². The predicted molar refractivity (Wildman–Crippen MR) is 84.7 cm³/mol. The van der Waals surface area contributed by atoms with Gasteiger partial charge in [-0.15, -0.1) is 0 Å². The molecule has 21 heavy (non-hydrogen) atoms. The highest BCUT2D eigenvalue weighted by Crippen LogP contribution is 2.31. The van der Waals surface area contributed by atoms with Gasteiger partial charge in [-0.1, -0.05) is 23.7 Å². The fraction of sp³-hybridized carbons (Fsp3) is 0.353. The lowest BCUT2D eigenvalue weighted by Gasteiger charge is -2.24. The molecular formula is C17H17ClN2O. The molecule has 3 nitrogen and oxygen atoms in total. The molecule has 1 amide bonds. The monoisotopic (exact) mass is 300 g/mol. The van der Waals surface area contributed by atoms with Crippen LogP contribution in [0.1, 0.15) is 23.2 Å². The number of nitrogens with one attached hydrogen (secondary N) is 2. The first-order valence-electron chi connectivity index (χ1n) is 7.42. The van der Waals surface area contributed by atoms with Crippen LogP contribution in [0.5, 0.6) is 0 Å². The third-order valence-electron chi connectivity index (χ3n) is 4.71. The second-order valence-electron chi connectivity index (χ2n) is 6.14. The number of carbonyl (C=O) groups is 1. The van der Waals surface area contributed by atoms with Crippen LogP contribution in [0.3, 0.4) is 0 Å². The summed E-state index contributed by atoms with van der Waals surface area (Å²) in [5.41, 5.74) is 0.701. The molecule has 2 bridgehead atoms. The van der Waals surface area contributed by atoms with Crippen LogP contribution in [0, 0.1) is 5.92 Å². The van der Waals surface area contributed by atoms with E-state index in [4.69, 9.17) is 11.6 Å². The number of amides is 1. The van der Waals surface area contributed by atoms with Crippen LogP contribution in [0.2, 0.25) is 5.02 Å². The van der Waals surface area contributed by atoms with Crippen molar-refractivity contribution in [2.75, 3.05) is 6.54 Å². The Hall–Kier alpha value is -1.58. The number of piperidine rings is 1. The summed E-state index contributed by atoms with van der Waals surface area (Å²) < 4.78 is 0. The first-order valence-corrected chi connectivity index (χ1v) is 7.80. The molecule has 2 fully saturated rings. The Bertz CT molecular complexity index is 715. The van der Waals surface area contributed by atoms with Crippen molar-refractivity contribution in [3.8, 4) is 0 Å². The van der Waals surface area contributed by atoms with Crippen LogP contribution in [-0.4, -0.2) is 24.5 Å². The summed E-state index contributed by atoms with van der Waals surface area (Å²) in [6, 6.07) is 12.2. The van der Waals surface area contributed by atoms with Gasteiger partial charge in [-0.3, -0.25) is 4.79 Å². The van der Waals surface area contributed by atoms with E-state index >= 15 is 0 Å². The molecule has 3 unspecified atom stereocenters. The molecule has 4 heteroatoms. The van der Waals surface area contributed by atoms with E-state index in [0.29, 0.717) is 16.6 Å². The van der Waals surface area contributed by atoms with Gasteiger partial charge in [0.15, 0.2) is 0 Å². The van der Waals surface area contributed by atoms with Crippen LogP contribution in [0.4, 0.5) is 0 Å². The molecule has 0 aromatic heterocycles. The number of carbonyl (C=O) groups excluding carboxylic acids is 1. The molecular weight excluding hydrogens is 284 g/mol. The Kier molecular flexibility index (Phi) is 3.12. The number of halogens is 1. The molecule has 1 saturated heterocycles. The molecule has 0 spiro atoms. The van der Waals surface area contributed by atoms with Gasteiger partial charge in [0.2, 0.25) is 0 Å². The zero-order chi connectivity index (χ0) is 14.4. The van der Waals surface area contributed by atoms with Crippen molar-refractivity contribution in [1.29, 1.82) is 0 Å². The average Bonchev–Trinajstić information content (AvgIpc) is 3.09.